The lowest BCUT2D eigenvalue weighted by atomic mass is 10.2. The summed E-state index contributed by atoms with van der Waals surface area (Å²) in [5.74, 6) is -0.315. The molecule has 0 spiro atoms. The lowest BCUT2D eigenvalue weighted by molar-refractivity contribution is 0.102. The van der Waals surface area contributed by atoms with Crippen LogP contribution in [0.25, 0.3) is 10.6 Å². The van der Waals surface area contributed by atoms with Gasteiger partial charge in [0, 0.05) is 16.8 Å². The molecule has 104 valence electrons. The van der Waals surface area contributed by atoms with Gasteiger partial charge in [-0.2, -0.15) is 0 Å². The van der Waals surface area contributed by atoms with Crippen molar-refractivity contribution in [3.05, 3.63) is 59.4 Å². The van der Waals surface area contributed by atoms with Crippen molar-refractivity contribution in [2.45, 2.75) is 0 Å². The molecule has 1 N–H and O–H groups in total. The minimum absolute atomic E-state index is 0.315. The number of nitrogens with one attached hydrogen (secondary N) is 1. The van der Waals surface area contributed by atoms with Crippen molar-refractivity contribution in [1.82, 2.24) is 15.2 Å². The highest BCUT2D eigenvalue weighted by molar-refractivity contribution is 7.18. The summed E-state index contributed by atoms with van der Waals surface area (Å²) in [5, 5.41) is 12.4. The number of rotatable bonds is 3. The Hall–Kier alpha value is -2.31. The topological polar surface area (TPSA) is 67.8 Å². The van der Waals surface area contributed by atoms with Crippen LogP contribution in [0.1, 0.15) is 10.5 Å². The van der Waals surface area contributed by atoms with Crippen molar-refractivity contribution < 1.29 is 4.79 Å². The van der Waals surface area contributed by atoms with Crippen LogP contribution in [0.2, 0.25) is 5.02 Å². The maximum Gasteiger partial charge on any atom is 0.276 e. The first-order valence-corrected chi connectivity index (χ1v) is 7.23. The highest BCUT2D eigenvalue weighted by atomic mass is 35.5. The highest BCUT2D eigenvalue weighted by Crippen LogP contribution is 2.28. The van der Waals surface area contributed by atoms with Gasteiger partial charge in [-0.15, -0.1) is 10.2 Å². The summed E-state index contributed by atoms with van der Waals surface area (Å²) in [6.45, 7) is 0. The van der Waals surface area contributed by atoms with E-state index in [2.05, 4.69) is 20.5 Å². The van der Waals surface area contributed by atoms with Gasteiger partial charge in [0.1, 0.15) is 10.7 Å². The fourth-order valence-corrected chi connectivity index (χ4v) is 2.60. The van der Waals surface area contributed by atoms with Gasteiger partial charge in [-0.25, -0.2) is 0 Å². The van der Waals surface area contributed by atoms with E-state index in [0.717, 1.165) is 5.56 Å². The third-order valence-electron chi connectivity index (χ3n) is 2.61. The summed E-state index contributed by atoms with van der Waals surface area (Å²) < 4.78 is 0. The van der Waals surface area contributed by atoms with E-state index in [1.807, 2.05) is 12.1 Å². The molecule has 0 fully saturated rings. The largest absolute Gasteiger partial charge is 0.295 e. The SMILES string of the molecule is O=C(Nc1nnc(-c2cccc(Cl)c2)s1)c1ccccn1. The molecule has 21 heavy (non-hydrogen) atoms. The molecule has 0 atom stereocenters. The van der Waals surface area contributed by atoms with Gasteiger partial charge >= 0.3 is 0 Å². The van der Waals surface area contributed by atoms with E-state index in [0.29, 0.717) is 20.9 Å². The van der Waals surface area contributed by atoms with Crippen molar-refractivity contribution in [3.63, 3.8) is 0 Å². The van der Waals surface area contributed by atoms with Gasteiger partial charge in [0.15, 0.2) is 0 Å². The van der Waals surface area contributed by atoms with Gasteiger partial charge in [0.2, 0.25) is 5.13 Å². The van der Waals surface area contributed by atoms with Crippen molar-refractivity contribution in [2.24, 2.45) is 0 Å². The second kappa shape index (κ2) is 5.99. The second-order valence-electron chi connectivity index (χ2n) is 4.09. The van der Waals surface area contributed by atoms with Crippen molar-refractivity contribution in [3.8, 4) is 10.6 Å². The maximum atomic E-state index is 12.0. The van der Waals surface area contributed by atoms with Gasteiger partial charge in [-0.05, 0) is 24.3 Å². The van der Waals surface area contributed by atoms with Crippen molar-refractivity contribution >= 4 is 34.0 Å². The number of hydrogen-bond donors (Lipinski definition) is 1. The standard InChI is InChI=1S/C14H9ClN4OS/c15-10-5-3-4-9(8-10)13-18-19-14(21-13)17-12(20)11-6-1-2-7-16-11/h1-8H,(H,17,19,20). The van der Waals surface area contributed by atoms with Gasteiger partial charge in [-0.1, -0.05) is 41.1 Å². The second-order valence-corrected chi connectivity index (χ2v) is 5.51. The zero-order valence-electron chi connectivity index (χ0n) is 10.7. The van der Waals surface area contributed by atoms with E-state index in [1.165, 1.54) is 11.3 Å². The number of pyridine rings is 1. The number of anilines is 1. The molecule has 3 rings (SSSR count). The molecule has 2 heterocycles. The van der Waals surface area contributed by atoms with E-state index in [9.17, 15) is 4.79 Å². The average Bonchev–Trinajstić information content (AvgIpc) is 2.97. The smallest absolute Gasteiger partial charge is 0.276 e. The molecule has 2 aromatic heterocycles. The Bertz CT molecular complexity index is 775. The molecule has 7 heteroatoms. The van der Waals surface area contributed by atoms with E-state index in [-0.39, 0.29) is 5.91 Å². The fraction of sp³-hybridized carbons (Fsp3) is 0. The zero-order valence-corrected chi connectivity index (χ0v) is 12.2. The average molecular weight is 317 g/mol. The molecule has 0 radical (unpaired) electrons. The van der Waals surface area contributed by atoms with Crippen LogP contribution in [0.3, 0.4) is 0 Å². The Morgan fingerprint density at radius 1 is 1.14 bits per heavy atom. The van der Waals surface area contributed by atoms with Crippen LogP contribution in [-0.2, 0) is 0 Å². The lowest BCUT2D eigenvalue weighted by Gasteiger charge is -1.99. The van der Waals surface area contributed by atoms with Gasteiger partial charge in [-0.3, -0.25) is 15.1 Å². The fourth-order valence-electron chi connectivity index (χ4n) is 1.67. The van der Waals surface area contributed by atoms with Crippen molar-refractivity contribution in [2.75, 3.05) is 5.32 Å². The first kappa shape index (κ1) is 13.7. The van der Waals surface area contributed by atoms with Crippen LogP contribution in [0, 0.1) is 0 Å². The minimum atomic E-state index is -0.315. The van der Waals surface area contributed by atoms with Gasteiger partial charge < -0.3 is 0 Å². The summed E-state index contributed by atoms with van der Waals surface area (Å²) >= 11 is 7.22. The molecule has 1 aromatic carbocycles. The van der Waals surface area contributed by atoms with Crippen LogP contribution in [0.5, 0.6) is 0 Å². The van der Waals surface area contributed by atoms with Crippen LogP contribution in [0.4, 0.5) is 5.13 Å². The Kier molecular flexibility index (Phi) is 3.89. The molecule has 0 aliphatic heterocycles. The molecular formula is C14H9ClN4OS. The molecule has 0 aliphatic rings. The van der Waals surface area contributed by atoms with Crippen LogP contribution >= 0.6 is 22.9 Å². The Labute approximate surface area is 129 Å². The molecule has 0 saturated heterocycles. The molecule has 3 aromatic rings. The van der Waals surface area contributed by atoms with Crippen molar-refractivity contribution in [1.29, 1.82) is 0 Å². The number of halogens is 1. The molecule has 0 unspecified atom stereocenters. The number of amides is 1. The maximum absolute atomic E-state index is 12.0. The summed E-state index contributed by atoms with van der Waals surface area (Å²) in [7, 11) is 0. The van der Waals surface area contributed by atoms with Crippen LogP contribution < -0.4 is 5.32 Å². The van der Waals surface area contributed by atoms with E-state index in [1.54, 1.807) is 36.5 Å². The van der Waals surface area contributed by atoms with E-state index in [4.69, 9.17) is 11.6 Å². The molecule has 0 saturated carbocycles. The normalized spacial score (nSPS) is 10.3. The van der Waals surface area contributed by atoms with E-state index >= 15 is 0 Å². The number of benzene rings is 1. The summed E-state index contributed by atoms with van der Waals surface area (Å²) in [4.78, 5) is 15.9. The lowest BCUT2D eigenvalue weighted by Crippen LogP contribution is -2.13. The number of carbonyl (C=O) groups excluding carboxylic acids is 1. The molecular weight excluding hydrogens is 308 g/mol. The number of nitrogens with zero attached hydrogens (tertiary/aromatic N) is 3. The number of carbonyl (C=O) groups is 1. The Morgan fingerprint density at radius 3 is 2.81 bits per heavy atom. The minimum Gasteiger partial charge on any atom is -0.295 e. The number of hydrogen-bond acceptors (Lipinski definition) is 5. The third kappa shape index (κ3) is 3.24. The van der Waals surface area contributed by atoms with Crippen LogP contribution in [0.15, 0.2) is 48.7 Å². The van der Waals surface area contributed by atoms with E-state index < -0.39 is 0 Å². The molecule has 1 amide bonds. The predicted octanol–water partition coefficient (Wildman–Crippen LogP) is 3.51. The molecule has 0 bridgehead atoms. The highest BCUT2D eigenvalue weighted by Gasteiger charge is 2.11. The first-order valence-electron chi connectivity index (χ1n) is 6.04. The van der Waals surface area contributed by atoms with Crippen LogP contribution in [-0.4, -0.2) is 21.1 Å². The molecule has 0 aliphatic carbocycles. The molecule has 5 nitrogen and oxygen atoms in total. The number of aromatic nitrogens is 3. The Balaban J connectivity index is 1.78. The Morgan fingerprint density at radius 2 is 2.05 bits per heavy atom. The third-order valence-corrected chi connectivity index (χ3v) is 3.74. The van der Waals surface area contributed by atoms with Gasteiger partial charge in [0.05, 0.1) is 0 Å². The first-order chi connectivity index (χ1) is 10.2. The quantitative estimate of drug-likeness (QED) is 0.803. The monoisotopic (exact) mass is 316 g/mol. The predicted molar refractivity (Wildman–Crippen MR) is 82.5 cm³/mol. The zero-order chi connectivity index (χ0) is 14.7. The van der Waals surface area contributed by atoms with Gasteiger partial charge in [0.25, 0.3) is 5.91 Å². The summed E-state index contributed by atoms with van der Waals surface area (Å²) in [6, 6.07) is 12.4. The summed E-state index contributed by atoms with van der Waals surface area (Å²) in [5.41, 5.74) is 1.19. The summed E-state index contributed by atoms with van der Waals surface area (Å²) in [6.07, 6.45) is 1.56.